The highest BCUT2D eigenvalue weighted by Crippen LogP contribution is 2.39. The van der Waals surface area contributed by atoms with Crippen molar-refractivity contribution in [3.05, 3.63) is 16.8 Å². The smallest absolute Gasteiger partial charge is 0.152 e. The lowest BCUT2D eigenvalue weighted by atomic mass is 9.89. The average molecular weight is 234 g/mol. The zero-order valence-corrected chi connectivity index (χ0v) is 9.97. The molecule has 4 nitrogen and oxygen atoms in total. The van der Waals surface area contributed by atoms with Crippen molar-refractivity contribution in [1.82, 2.24) is 9.97 Å². The maximum absolute atomic E-state index is 5.51. The van der Waals surface area contributed by atoms with Gasteiger partial charge in [0.05, 0.1) is 5.39 Å². The van der Waals surface area contributed by atoms with Gasteiger partial charge in [0, 0.05) is 4.88 Å². The minimum Gasteiger partial charge on any atom is -0.308 e. The predicted octanol–water partition coefficient (Wildman–Crippen LogP) is 2.10. The van der Waals surface area contributed by atoms with Crippen LogP contribution in [0.4, 0.5) is 5.82 Å². The van der Waals surface area contributed by atoms with Crippen LogP contribution < -0.4 is 11.3 Å². The molecule has 16 heavy (non-hydrogen) atoms. The SMILES string of the molecule is CC1CCc2sc3ncnc(NN)c3c2C1. The molecule has 0 aliphatic heterocycles. The average Bonchev–Trinajstić information content (AvgIpc) is 2.66. The highest BCUT2D eigenvalue weighted by atomic mass is 32.1. The van der Waals surface area contributed by atoms with E-state index in [-0.39, 0.29) is 0 Å². The molecule has 3 rings (SSSR count). The number of hydrogen-bond acceptors (Lipinski definition) is 5. The molecule has 0 amide bonds. The van der Waals surface area contributed by atoms with Gasteiger partial charge in [-0.25, -0.2) is 15.8 Å². The summed E-state index contributed by atoms with van der Waals surface area (Å²) in [5.74, 6) is 7.01. The second kappa shape index (κ2) is 3.68. The maximum Gasteiger partial charge on any atom is 0.152 e. The second-order valence-corrected chi connectivity index (χ2v) is 5.48. The molecule has 2 aromatic rings. The Labute approximate surface area is 97.9 Å². The number of nitrogens with one attached hydrogen (secondary N) is 1. The third-order valence-corrected chi connectivity index (χ3v) is 4.42. The Morgan fingerprint density at radius 1 is 1.50 bits per heavy atom. The fraction of sp³-hybridized carbons (Fsp3) is 0.455. The van der Waals surface area contributed by atoms with E-state index in [1.54, 1.807) is 17.7 Å². The Morgan fingerprint density at radius 2 is 2.38 bits per heavy atom. The molecule has 3 N–H and O–H groups in total. The van der Waals surface area contributed by atoms with E-state index in [2.05, 4.69) is 22.3 Å². The van der Waals surface area contributed by atoms with Crippen molar-refractivity contribution < 1.29 is 0 Å². The molecule has 2 aromatic heterocycles. The summed E-state index contributed by atoms with van der Waals surface area (Å²) in [4.78, 5) is 11.0. The zero-order valence-electron chi connectivity index (χ0n) is 9.16. The van der Waals surface area contributed by atoms with E-state index in [1.807, 2.05) is 0 Å². The molecule has 84 valence electrons. The third kappa shape index (κ3) is 1.39. The van der Waals surface area contributed by atoms with Crippen LogP contribution in [0.2, 0.25) is 0 Å². The van der Waals surface area contributed by atoms with E-state index >= 15 is 0 Å². The molecule has 1 aliphatic rings. The molecule has 0 spiro atoms. The number of rotatable bonds is 1. The van der Waals surface area contributed by atoms with Crippen LogP contribution in [-0.4, -0.2) is 9.97 Å². The Hall–Kier alpha value is -1.20. The number of nitrogen functional groups attached to an aromatic ring is 1. The summed E-state index contributed by atoms with van der Waals surface area (Å²) in [7, 11) is 0. The summed E-state index contributed by atoms with van der Waals surface area (Å²) in [5, 5.41) is 1.14. The van der Waals surface area contributed by atoms with E-state index in [9.17, 15) is 0 Å². The fourth-order valence-electron chi connectivity index (χ4n) is 2.39. The molecular weight excluding hydrogens is 220 g/mol. The van der Waals surface area contributed by atoms with E-state index in [0.29, 0.717) is 0 Å². The maximum atomic E-state index is 5.51. The first-order valence-corrected chi connectivity index (χ1v) is 6.33. The molecule has 2 heterocycles. The van der Waals surface area contributed by atoms with Crippen LogP contribution in [0, 0.1) is 5.92 Å². The van der Waals surface area contributed by atoms with Gasteiger partial charge in [0.25, 0.3) is 0 Å². The number of anilines is 1. The molecule has 0 fully saturated rings. The number of nitrogens with two attached hydrogens (primary N) is 1. The number of thiophene rings is 1. The van der Waals surface area contributed by atoms with Gasteiger partial charge in [0.15, 0.2) is 5.82 Å². The van der Waals surface area contributed by atoms with Crippen LogP contribution in [-0.2, 0) is 12.8 Å². The fourth-order valence-corrected chi connectivity index (χ4v) is 3.58. The first-order chi connectivity index (χ1) is 7.79. The molecular formula is C11H14N4S. The van der Waals surface area contributed by atoms with E-state index < -0.39 is 0 Å². The van der Waals surface area contributed by atoms with Gasteiger partial charge in [0.1, 0.15) is 11.2 Å². The third-order valence-electron chi connectivity index (χ3n) is 3.22. The summed E-state index contributed by atoms with van der Waals surface area (Å²) in [6.07, 6.45) is 5.14. The molecule has 5 heteroatoms. The molecule has 0 saturated carbocycles. The molecule has 0 saturated heterocycles. The van der Waals surface area contributed by atoms with Crippen LogP contribution in [0.1, 0.15) is 23.8 Å². The van der Waals surface area contributed by atoms with Crippen molar-refractivity contribution >= 4 is 27.4 Å². The quantitative estimate of drug-likeness (QED) is 0.586. The molecule has 0 aromatic carbocycles. The van der Waals surface area contributed by atoms with E-state index in [1.165, 1.54) is 23.3 Å². The Bertz CT molecular complexity index is 534. The first kappa shape index (κ1) is 9.99. The molecule has 1 aliphatic carbocycles. The normalized spacial score (nSPS) is 19.8. The van der Waals surface area contributed by atoms with Gasteiger partial charge in [-0.3, -0.25) is 0 Å². The summed E-state index contributed by atoms with van der Waals surface area (Å²) in [6.45, 7) is 2.30. The van der Waals surface area contributed by atoms with Crippen molar-refractivity contribution in [2.75, 3.05) is 5.43 Å². The summed E-state index contributed by atoms with van der Waals surface area (Å²) < 4.78 is 0. The molecule has 1 unspecified atom stereocenters. The Kier molecular flexibility index (Phi) is 2.29. The van der Waals surface area contributed by atoms with Crippen molar-refractivity contribution in [1.29, 1.82) is 0 Å². The van der Waals surface area contributed by atoms with Gasteiger partial charge in [-0.1, -0.05) is 6.92 Å². The van der Waals surface area contributed by atoms with Crippen molar-refractivity contribution in [3.63, 3.8) is 0 Å². The summed E-state index contributed by atoms with van der Waals surface area (Å²) >= 11 is 1.78. The van der Waals surface area contributed by atoms with Gasteiger partial charge >= 0.3 is 0 Å². The molecule has 0 radical (unpaired) electrons. The van der Waals surface area contributed by atoms with Crippen LogP contribution in [0.15, 0.2) is 6.33 Å². The Balaban J connectivity index is 2.27. The monoisotopic (exact) mass is 234 g/mol. The number of hydrazine groups is 1. The largest absolute Gasteiger partial charge is 0.308 e. The number of nitrogens with zero attached hydrogens (tertiary/aromatic N) is 2. The van der Waals surface area contributed by atoms with Gasteiger partial charge in [-0.2, -0.15) is 0 Å². The lowest BCUT2D eigenvalue weighted by Crippen LogP contribution is -2.12. The highest BCUT2D eigenvalue weighted by molar-refractivity contribution is 7.19. The number of aromatic nitrogens is 2. The molecule has 1 atom stereocenters. The lowest BCUT2D eigenvalue weighted by Gasteiger charge is -2.18. The van der Waals surface area contributed by atoms with Gasteiger partial charge in [0.2, 0.25) is 0 Å². The summed E-state index contributed by atoms with van der Waals surface area (Å²) in [6, 6.07) is 0. The number of aryl methyl sites for hydroxylation is 1. The topological polar surface area (TPSA) is 63.8 Å². The van der Waals surface area contributed by atoms with Crippen molar-refractivity contribution in [2.45, 2.75) is 26.2 Å². The number of hydrogen-bond donors (Lipinski definition) is 2. The standard InChI is InChI=1S/C11H14N4S/c1-6-2-3-8-7(4-6)9-10(15-12)13-5-14-11(9)16-8/h5-6H,2-4,12H2,1H3,(H,13,14,15). The zero-order chi connectivity index (χ0) is 11.1. The van der Waals surface area contributed by atoms with Gasteiger partial charge < -0.3 is 5.43 Å². The van der Waals surface area contributed by atoms with E-state index in [4.69, 9.17) is 5.84 Å². The van der Waals surface area contributed by atoms with Crippen LogP contribution in [0.25, 0.3) is 10.2 Å². The van der Waals surface area contributed by atoms with Crippen LogP contribution in [0.5, 0.6) is 0 Å². The lowest BCUT2D eigenvalue weighted by molar-refractivity contribution is 0.508. The summed E-state index contributed by atoms with van der Waals surface area (Å²) in [5.41, 5.74) is 4.09. The van der Waals surface area contributed by atoms with Gasteiger partial charge in [-0.05, 0) is 30.7 Å². The van der Waals surface area contributed by atoms with E-state index in [0.717, 1.165) is 28.4 Å². The Morgan fingerprint density at radius 3 is 3.19 bits per heavy atom. The number of fused-ring (bicyclic) bond motifs is 3. The van der Waals surface area contributed by atoms with Crippen molar-refractivity contribution in [2.24, 2.45) is 11.8 Å². The van der Waals surface area contributed by atoms with Crippen LogP contribution >= 0.6 is 11.3 Å². The van der Waals surface area contributed by atoms with Crippen LogP contribution in [0.3, 0.4) is 0 Å². The minimum atomic E-state index is 0.746. The molecule has 0 bridgehead atoms. The van der Waals surface area contributed by atoms with Gasteiger partial charge in [-0.15, -0.1) is 11.3 Å². The predicted molar refractivity (Wildman–Crippen MR) is 66.4 cm³/mol. The van der Waals surface area contributed by atoms with Crippen molar-refractivity contribution in [3.8, 4) is 0 Å². The minimum absolute atomic E-state index is 0.746. The first-order valence-electron chi connectivity index (χ1n) is 5.51. The highest BCUT2D eigenvalue weighted by Gasteiger charge is 2.22. The second-order valence-electron chi connectivity index (χ2n) is 4.40.